The van der Waals surface area contributed by atoms with Crippen LogP contribution in [0.4, 0.5) is 5.00 Å². The van der Waals surface area contributed by atoms with Crippen LogP contribution < -0.4 is 16.0 Å². The van der Waals surface area contributed by atoms with Crippen molar-refractivity contribution in [3.63, 3.8) is 0 Å². The van der Waals surface area contributed by atoms with Crippen LogP contribution in [0.3, 0.4) is 0 Å². The lowest BCUT2D eigenvalue weighted by Crippen LogP contribution is -2.08. The van der Waals surface area contributed by atoms with Crippen LogP contribution in [0.5, 0.6) is 5.75 Å². The highest BCUT2D eigenvalue weighted by atomic mass is 32.1. The Hall–Kier alpha value is -1.70. The topological polar surface area (TPSA) is 93.3 Å². The van der Waals surface area contributed by atoms with Gasteiger partial charge in [0.05, 0.1) is 6.61 Å². The van der Waals surface area contributed by atoms with Crippen molar-refractivity contribution in [2.45, 2.75) is 13.2 Å². The average molecular weight is 252 g/mol. The number of nitrogens with two attached hydrogens (primary N) is 1. The minimum Gasteiger partial charge on any atom is -0.487 e. The summed E-state index contributed by atoms with van der Waals surface area (Å²) >= 11 is 1.18. The zero-order chi connectivity index (χ0) is 12.1. The molecule has 7 heteroatoms. The minimum absolute atomic E-state index is 0.0253. The first-order valence-electron chi connectivity index (χ1n) is 4.94. The Morgan fingerprint density at radius 3 is 2.76 bits per heavy atom. The summed E-state index contributed by atoms with van der Waals surface area (Å²) in [6.45, 7) is 0.325. The van der Waals surface area contributed by atoms with Crippen LogP contribution in [0.2, 0.25) is 0 Å². The number of hydrazine groups is 1. The van der Waals surface area contributed by atoms with E-state index >= 15 is 0 Å². The molecule has 1 aromatic heterocycles. The van der Waals surface area contributed by atoms with Gasteiger partial charge in [0.15, 0.2) is 5.00 Å². The molecule has 0 saturated heterocycles. The first-order chi connectivity index (χ1) is 8.33. The van der Waals surface area contributed by atoms with Crippen LogP contribution in [-0.4, -0.2) is 14.7 Å². The van der Waals surface area contributed by atoms with Crippen LogP contribution in [0.1, 0.15) is 11.3 Å². The van der Waals surface area contributed by atoms with Gasteiger partial charge in [-0.1, -0.05) is 16.6 Å². The highest BCUT2D eigenvalue weighted by Crippen LogP contribution is 2.19. The number of anilines is 1. The van der Waals surface area contributed by atoms with Crippen molar-refractivity contribution in [1.29, 1.82) is 0 Å². The molecule has 0 fully saturated rings. The van der Waals surface area contributed by atoms with E-state index in [1.54, 1.807) is 24.3 Å². The fourth-order valence-electron chi connectivity index (χ4n) is 1.26. The molecule has 2 aromatic rings. The Morgan fingerprint density at radius 1 is 1.35 bits per heavy atom. The second-order valence-electron chi connectivity index (χ2n) is 3.28. The second-order valence-corrected chi connectivity index (χ2v) is 4.04. The number of aliphatic hydroxyl groups excluding tert-OH is 1. The zero-order valence-corrected chi connectivity index (χ0v) is 9.78. The van der Waals surface area contributed by atoms with E-state index in [0.717, 1.165) is 5.56 Å². The van der Waals surface area contributed by atoms with E-state index < -0.39 is 0 Å². The average Bonchev–Trinajstić information content (AvgIpc) is 2.84. The lowest BCUT2D eigenvalue weighted by molar-refractivity contribution is 0.280. The van der Waals surface area contributed by atoms with E-state index in [-0.39, 0.29) is 6.61 Å². The van der Waals surface area contributed by atoms with Crippen molar-refractivity contribution in [2.75, 3.05) is 5.43 Å². The molecular weight excluding hydrogens is 240 g/mol. The first-order valence-corrected chi connectivity index (χ1v) is 5.71. The number of nitrogen functional groups attached to an aromatic ring is 1. The summed E-state index contributed by atoms with van der Waals surface area (Å²) in [4.78, 5) is 0. The Balaban J connectivity index is 1.97. The molecule has 0 bridgehead atoms. The molecule has 0 amide bonds. The standard InChI is InChI=1S/C10H12N4O2S/c11-12-10-9(13-14-17-10)6-16-8-3-1-7(5-15)2-4-8/h1-4,12,15H,5-6,11H2. The minimum atomic E-state index is 0.0253. The van der Waals surface area contributed by atoms with Gasteiger partial charge in [-0.05, 0) is 17.7 Å². The van der Waals surface area contributed by atoms with E-state index in [1.807, 2.05) is 0 Å². The molecule has 0 radical (unpaired) electrons. The van der Waals surface area contributed by atoms with E-state index in [2.05, 4.69) is 15.0 Å². The molecule has 2 rings (SSSR count). The maximum atomic E-state index is 8.90. The predicted molar refractivity (Wildman–Crippen MR) is 64.4 cm³/mol. The molecule has 0 aliphatic heterocycles. The highest BCUT2D eigenvalue weighted by molar-refractivity contribution is 7.10. The van der Waals surface area contributed by atoms with E-state index in [4.69, 9.17) is 15.7 Å². The van der Waals surface area contributed by atoms with E-state index in [1.165, 1.54) is 11.5 Å². The SMILES string of the molecule is NNc1snnc1COc1ccc(CO)cc1. The molecule has 1 aromatic carbocycles. The lowest BCUT2D eigenvalue weighted by Gasteiger charge is -2.05. The summed E-state index contributed by atoms with van der Waals surface area (Å²) in [5.74, 6) is 6.01. The van der Waals surface area contributed by atoms with E-state index in [9.17, 15) is 0 Å². The Kier molecular flexibility index (Phi) is 3.86. The molecular formula is C10H12N4O2S. The predicted octanol–water partition coefficient (Wildman–Crippen LogP) is 0.895. The number of aromatic nitrogens is 2. The van der Waals surface area contributed by atoms with Gasteiger partial charge in [-0.3, -0.25) is 0 Å². The van der Waals surface area contributed by atoms with Crippen LogP contribution in [0.15, 0.2) is 24.3 Å². The van der Waals surface area contributed by atoms with Crippen molar-refractivity contribution >= 4 is 16.5 Å². The van der Waals surface area contributed by atoms with Crippen molar-refractivity contribution in [2.24, 2.45) is 5.84 Å². The third-order valence-electron chi connectivity index (χ3n) is 2.17. The van der Waals surface area contributed by atoms with Crippen LogP contribution >= 0.6 is 11.5 Å². The van der Waals surface area contributed by atoms with Crippen molar-refractivity contribution in [1.82, 2.24) is 9.59 Å². The number of benzene rings is 1. The van der Waals surface area contributed by atoms with Gasteiger partial charge in [0, 0.05) is 11.5 Å². The van der Waals surface area contributed by atoms with Crippen LogP contribution in [-0.2, 0) is 13.2 Å². The quantitative estimate of drug-likeness (QED) is 0.540. The summed E-state index contributed by atoms with van der Waals surface area (Å²) in [6, 6.07) is 7.19. The number of hydrogen-bond acceptors (Lipinski definition) is 7. The van der Waals surface area contributed by atoms with Gasteiger partial charge in [0.1, 0.15) is 18.1 Å². The molecule has 6 nitrogen and oxygen atoms in total. The Bertz CT molecular complexity index is 471. The number of nitrogens with zero attached hydrogens (tertiary/aromatic N) is 2. The molecule has 4 N–H and O–H groups in total. The Morgan fingerprint density at radius 2 is 2.12 bits per heavy atom. The molecule has 0 spiro atoms. The fourth-order valence-corrected chi connectivity index (χ4v) is 1.73. The van der Waals surface area contributed by atoms with Crippen LogP contribution in [0, 0.1) is 0 Å². The van der Waals surface area contributed by atoms with Crippen LogP contribution in [0.25, 0.3) is 0 Å². The van der Waals surface area contributed by atoms with Gasteiger partial charge in [0.25, 0.3) is 0 Å². The van der Waals surface area contributed by atoms with Gasteiger partial charge >= 0.3 is 0 Å². The summed E-state index contributed by atoms with van der Waals surface area (Å²) in [6.07, 6.45) is 0. The first kappa shape index (κ1) is 11.8. The number of nitrogens with one attached hydrogen (secondary N) is 1. The van der Waals surface area contributed by atoms with Crippen molar-refractivity contribution < 1.29 is 9.84 Å². The maximum absolute atomic E-state index is 8.90. The maximum Gasteiger partial charge on any atom is 0.150 e. The second kappa shape index (κ2) is 5.58. The van der Waals surface area contributed by atoms with Gasteiger partial charge in [0.2, 0.25) is 0 Å². The number of hydrogen-bond donors (Lipinski definition) is 3. The third kappa shape index (κ3) is 2.90. The Labute approximate surface area is 102 Å². The molecule has 17 heavy (non-hydrogen) atoms. The fraction of sp³-hybridized carbons (Fsp3) is 0.200. The normalized spacial score (nSPS) is 10.2. The largest absolute Gasteiger partial charge is 0.487 e. The zero-order valence-electron chi connectivity index (χ0n) is 8.96. The molecule has 0 saturated carbocycles. The van der Waals surface area contributed by atoms with Crippen molar-refractivity contribution in [3.05, 3.63) is 35.5 Å². The molecule has 0 aliphatic rings. The van der Waals surface area contributed by atoms with Gasteiger partial charge in [-0.15, -0.1) is 5.10 Å². The highest BCUT2D eigenvalue weighted by Gasteiger charge is 2.07. The van der Waals surface area contributed by atoms with Gasteiger partial charge in [-0.2, -0.15) is 0 Å². The summed E-state index contributed by atoms with van der Waals surface area (Å²) in [5.41, 5.74) is 4.03. The number of aliphatic hydroxyl groups is 1. The third-order valence-corrected chi connectivity index (χ3v) is 2.87. The summed E-state index contributed by atoms with van der Waals surface area (Å²) < 4.78 is 9.29. The molecule has 0 atom stereocenters. The van der Waals surface area contributed by atoms with E-state index in [0.29, 0.717) is 23.1 Å². The number of ether oxygens (including phenoxy) is 1. The monoisotopic (exact) mass is 252 g/mol. The van der Waals surface area contributed by atoms with Gasteiger partial charge < -0.3 is 15.3 Å². The van der Waals surface area contributed by atoms with Gasteiger partial charge in [-0.25, -0.2) is 5.84 Å². The lowest BCUT2D eigenvalue weighted by atomic mass is 10.2. The summed E-state index contributed by atoms with van der Waals surface area (Å²) in [7, 11) is 0. The van der Waals surface area contributed by atoms with Crippen molar-refractivity contribution in [3.8, 4) is 5.75 Å². The molecule has 0 unspecified atom stereocenters. The smallest absolute Gasteiger partial charge is 0.150 e. The molecule has 0 aliphatic carbocycles. The number of rotatable bonds is 5. The molecule has 1 heterocycles. The summed E-state index contributed by atoms with van der Waals surface area (Å²) in [5, 5.41) is 13.5. The molecule has 90 valence electrons.